The molecule has 0 aromatic heterocycles. The Morgan fingerprint density at radius 2 is 2.18 bits per heavy atom. The summed E-state index contributed by atoms with van der Waals surface area (Å²) in [5.74, 6) is 0. The van der Waals surface area contributed by atoms with Gasteiger partial charge in [0.2, 0.25) is 0 Å². The topological polar surface area (TPSA) is 47.9 Å². The molecule has 0 spiro atoms. The van der Waals surface area contributed by atoms with Gasteiger partial charge >= 0.3 is 0 Å². The van der Waals surface area contributed by atoms with E-state index in [1.165, 1.54) is 12.8 Å². The molecule has 0 radical (unpaired) electrons. The highest BCUT2D eigenvalue weighted by Gasteiger charge is 2.26. The number of anilines is 1. The Morgan fingerprint density at radius 1 is 1.41 bits per heavy atom. The highest BCUT2D eigenvalue weighted by atomic mass is 14.9. The van der Waals surface area contributed by atoms with E-state index < -0.39 is 0 Å². The lowest BCUT2D eigenvalue weighted by molar-refractivity contribution is 0.247. The van der Waals surface area contributed by atoms with Crippen molar-refractivity contribution in [3.8, 4) is 6.07 Å². The Balaban J connectivity index is 1.95. The van der Waals surface area contributed by atoms with Crippen molar-refractivity contribution in [2.45, 2.75) is 19.8 Å². The summed E-state index contributed by atoms with van der Waals surface area (Å²) < 4.78 is 0. The number of piperidine rings is 1. The zero-order valence-electron chi connectivity index (χ0n) is 10.3. The molecule has 0 atom stereocenters. The molecule has 1 aliphatic rings. The maximum atomic E-state index is 8.84. The highest BCUT2D eigenvalue weighted by molar-refractivity contribution is 5.49. The molecule has 1 aliphatic heterocycles. The van der Waals surface area contributed by atoms with Crippen LogP contribution in [0.15, 0.2) is 24.3 Å². The van der Waals surface area contributed by atoms with Crippen LogP contribution in [0.3, 0.4) is 0 Å². The van der Waals surface area contributed by atoms with Crippen molar-refractivity contribution in [3.63, 3.8) is 0 Å². The molecule has 1 aromatic carbocycles. The average Bonchev–Trinajstić information content (AvgIpc) is 2.38. The zero-order chi connectivity index (χ0) is 12.1. The fourth-order valence-corrected chi connectivity index (χ4v) is 2.22. The molecule has 1 heterocycles. The minimum absolute atomic E-state index is 0.369. The van der Waals surface area contributed by atoms with Crippen LogP contribution in [0, 0.1) is 16.7 Å². The van der Waals surface area contributed by atoms with Gasteiger partial charge in [0.05, 0.1) is 11.6 Å². The third-order valence-electron chi connectivity index (χ3n) is 3.52. The minimum Gasteiger partial charge on any atom is -0.384 e. The van der Waals surface area contributed by atoms with Crippen molar-refractivity contribution in [2.24, 2.45) is 5.41 Å². The van der Waals surface area contributed by atoms with Gasteiger partial charge in [-0.25, -0.2) is 0 Å². The Kier molecular flexibility index (Phi) is 3.65. The van der Waals surface area contributed by atoms with Crippen molar-refractivity contribution in [1.82, 2.24) is 5.32 Å². The van der Waals surface area contributed by atoms with E-state index in [-0.39, 0.29) is 0 Å². The summed E-state index contributed by atoms with van der Waals surface area (Å²) in [6, 6.07) is 9.84. The van der Waals surface area contributed by atoms with Crippen LogP contribution in [0.1, 0.15) is 25.3 Å². The van der Waals surface area contributed by atoms with Crippen molar-refractivity contribution in [1.29, 1.82) is 5.26 Å². The number of hydrogen-bond acceptors (Lipinski definition) is 3. The van der Waals surface area contributed by atoms with Gasteiger partial charge in [-0.1, -0.05) is 13.0 Å². The monoisotopic (exact) mass is 229 g/mol. The van der Waals surface area contributed by atoms with Crippen LogP contribution < -0.4 is 10.6 Å². The van der Waals surface area contributed by atoms with Gasteiger partial charge in [0.1, 0.15) is 0 Å². The van der Waals surface area contributed by atoms with Gasteiger partial charge in [-0.3, -0.25) is 0 Å². The maximum Gasteiger partial charge on any atom is 0.0992 e. The summed E-state index contributed by atoms with van der Waals surface area (Å²) in [5.41, 5.74) is 2.13. The molecule has 2 N–H and O–H groups in total. The average molecular weight is 229 g/mol. The van der Waals surface area contributed by atoms with Crippen LogP contribution in [-0.4, -0.2) is 19.6 Å². The first-order chi connectivity index (χ1) is 8.22. The fourth-order valence-electron chi connectivity index (χ4n) is 2.22. The van der Waals surface area contributed by atoms with E-state index in [0.717, 1.165) is 25.3 Å². The third kappa shape index (κ3) is 3.21. The molecular formula is C14H19N3. The van der Waals surface area contributed by atoms with Gasteiger partial charge in [0, 0.05) is 12.2 Å². The first-order valence-electron chi connectivity index (χ1n) is 6.17. The first kappa shape index (κ1) is 11.9. The quantitative estimate of drug-likeness (QED) is 0.836. The molecule has 17 heavy (non-hydrogen) atoms. The molecule has 0 amide bonds. The Hall–Kier alpha value is -1.53. The molecule has 0 aliphatic carbocycles. The third-order valence-corrected chi connectivity index (χ3v) is 3.52. The molecular weight excluding hydrogens is 210 g/mol. The van der Waals surface area contributed by atoms with Gasteiger partial charge in [-0.15, -0.1) is 0 Å². The summed E-state index contributed by atoms with van der Waals surface area (Å²) in [5, 5.41) is 15.7. The normalized spacial score (nSPS) is 18.4. The van der Waals surface area contributed by atoms with E-state index in [1.54, 1.807) is 0 Å². The summed E-state index contributed by atoms with van der Waals surface area (Å²) in [6.07, 6.45) is 2.41. The van der Waals surface area contributed by atoms with Gasteiger partial charge in [-0.05, 0) is 49.5 Å². The zero-order valence-corrected chi connectivity index (χ0v) is 10.3. The Morgan fingerprint density at radius 3 is 2.88 bits per heavy atom. The van der Waals surface area contributed by atoms with Crippen molar-refractivity contribution >= 4 is 5.69 Å². The number of nitriles is 1. The SMILES string of the molecule is CC1(CNc2cccc(C#N)c2)CCNCC1. The van der Waals surface area contributed by atoms with E-state index in [1.807, 2.05) is 24.3 Å². The predicted molar refractivity (Wildman–Crippen MR) is 69.9 cm³/mol. The van der Waals surface area contributed by atoms with Gasteiger partial charge in [-0.2, -0.15) is 5.26 Å². The highest BCUT2D eigenvalue weighted by Crippen LogP contribution is 2.28. The molecule has 3 nitrogen and oxygen atoms in total. The standard InChI is InChI=1S/C14H19N3/c1-14(5-7-16-8-6-14)11-17-13-4-2-3-12(9-13)10-15/h2-4,9,16-17H,5-8,11H2,1H3. The van der Waals surface area contributed by atoms with Gasteiger partial charge < -0.3 is 10.6 Å². The van der Waals surface area contributed by atoms with E-state index >= 15 is 0 Å². The van der Waals surface area contributed by atoms with E-state index in [9.17, 15) is 0 Å². The van der Waals surface area contributed by atoms with Crippen molar-refractivity contribution in [3.05, 3.63) is 29.8 Å². The Labute approximate surface area is 103 Å². The molecule has 1 fully saturated rings. The molecule has 2 rings (SSSR count). The molecule has 0 saturated carbocycles. The lowest BCUT2D eigenvalue weighted by Crippen LogP contribution is -2.39. The lowest BCUT2D eigenvalue weighted by Gasteiger charge is -2.34. The molecule has 0 unspecified atom stereocenters. The predicted octanol–water partition coefficient (Wildman–Crippen LogP) is 2.36. The second-order valence-electron chi connectivity index (χ2n) is 5.11. The van der Waals surface area contributed by atoms with Crippen LogP contribution in [0.4, 0.5) is 5.69 Å². The fraction of sp³-hybridized carbons (Fsp3) is 0.500. The Bertz CT molecular complexity index is 414. The second kappa shape index (κ2) is 5.20. The smallest absolute Gasteiger partial charge is 0.0992 e. The van der Waals surface area contributed by atoms with Crippen molar-refractivity contribution in [2.75, 3.05) is 25.0 Å². The van der Waals surface area contributed by atoms with Crippen LogP contribution in [0.25, 0.3) is 0 Å². The van der Waals surface area contributed by atoms with Crippen LogP contribution in [0.5, 0.6) is 0 Å². The molecule has 90 valence electrons. The van der Waals surface area contributed by atoms with E-state index in [2.05, 4.69) is 23.6 Å². The van der Waals surface area contributed by atoms with Crippen LogP contribution >= 0.6 is 0 Å². The molecule has 0 bridgehead atoms. The number of hydrogen-bond donors (Lipinski definition) is 2. The van der Waals surface area contributed by atoms with Crippen LogP contribution in [0.2, 0.25) is 0 Å². The summed E-state index contributed by atoms with van der Waals surface area (Å²) in [7, 11) is 0. The number of nitrogens with zero attached hydrogens (tertiary/aromatic N) is 1. The van der Waals surface area contributed by atoms with Crippen LogP contribution in [-0.2, 0) is 0 Å². The summed E-state index contributed by atoms with van der Waals surface area (Å²) in [4.78, 5) is 0. The van der Waals surface area contributed by atoms with E-state index in [0.29, 0.717) is 11.0 Å². The molecule has 1 saturated heterocycles. The minimum atomic E-state index is 0.369. The number of benzene rings is 1. The van der Waals surface area contributed by atoms with Gasteiger partial charge in [0.15, 0.2) is 0 Å². The summed E-state index contributed by atoms with van der Waals surface area (Å²) >= 11 is 0. The molecule has 1 aromatic rings. The maximum absolute atomic E-state index is 8.84. The summed E-state index contributed by atoms with van der Waals surface area (Å²) in [6.45, 7) is 5.52. The molecule has 3 heteroatoms. The lowest BCUT2D eigenvalue weighted by atomic mass is 9.81. The number of rotatable bonds is 3. The van der Waals surface area contributed by atoms with Gasteiger partial charge in [0.25, 0.3) is 0 Å². The largest absolute Gasteiger partial charge is 0.384 e. The van der Waals surface area contributed by atoms with E-state index in [4.69, 9.17) is 5.26 Å². The second-order valence-corrected chi connectivity index (χ2v) is 5.11. The number of nitrogens with one attached hydrogen (secondary N) is 2. The van der Waals surface area contributed by atoms with Crippen molar-refractivity contribution < 1.29 is 0 Å². The first-order valence-corrected chi connectivity index (χ1v) is 6.17.